The topological polar surface area (TPSA) is 135 Å². The number of anilines is 3. The number of nitrogens with zero attached hydrogens (tertiary/aromatic N) is 4. The Morgan fingerprint density at radius 1 is 1.03 bits per heavy atom. The molecule has 2 heterocycles. The third kappa shape index (κ3) is 4.31. The number of hydrogen-bond donors (Lipinski definition) is 3. The Kier molecular flexibility index (Phi) is 5.44. The molecule has 11 heteroatoms. The lowest BCUT2D eigenvalue weighted by atomic mass is 10.1. The summed E-state index contributed by atoms with van der Waals surface area (Å²) in [6.07, 6.45) is 1.28. The second-order valence-corrected chi connectivity index (χ2v) is 7.15. The molecule has 0 atom stereocenters. The third-order valence-electron chi connectivity index (χ3n) is 4.05. The molecule has 2 aromatic carbocycles. The van der Waals surface area contributed by atoms with Crippen molar-refractivity contribution in [2.75, 3.05) is 10.7 Å². The van der Waals surface area contributed by atoms with Crippen LogP contribution in [0.3, 0.4) is 0 Å². The molecule has 2 aromatic heterocycles. The quantitative estimate of drug-likeness (QED) is 0.305. The van der Waals surface area contributed by atoms with Gasteiger partial charge < -0.3 is 5.32 Å². The maximum Gasteiger partial charge on any atom is 0.355 e. The molecule has 4 rings (SSSR count). The number of amides is 1. The van der Waals surface area contributed by atoms with Crippen molar-refractivity contribution in [3.8, 4) is 0 Å². The predicted octanol–water partition coefficient (Wildman–Crippen LogP) is 3.42. The lowest BCUT2D eigenvalue weighted by Gasteiger charge is -2.10. The van der Waals surface area contributed by atoms with Crippen molar-refractivity contribution >= 4 is 49.9 Å². The Hall–Kier alpha value is -4.12. The van der Waals surface area contributed by atoms with Gasteiger partial charge in [0.05, 0.1) is 21.6 Å². The van der Waals surface area contributed by atoms with Crippen LogP contribution in [0.4, 0.5) is 22.5 Å². The molecule has 1 amide bonds. The Morgan fingerprint density at radius 2 is 1.77 bits per heavy atom. The van der Waals surface area contributed by atoms with E-state index in [1.165, 1.54) is 11.3 Å². The molecule has 30 heavy (non-hydrogen) atoms. The smallest absolute Gasteiger partial charge is 0.310 e. The van der Waals surface area contributed by atoms with Gasteiger partial charge in [-0.1, -0.05) is 53.8 Å². The van der Waals surface area contributed by atoms with Crippen LogP contribution in [0.15, 0.2) is 60.9 Å². The van der Waals surface area contributed by atoms with Gasteiger partial charge in [0.2, 0.25) is 17.5 Å². The van der Waals surface area contributed by atoms with Crippen LogP contribution in [0.2, 0.25) is 0 Å². The van der Waals surface area contributed by atoms with Gasteiger partial charge in [0.15, 0.2) is 5.13 Å². The van der Waals surface area contributed by atoms with Gasteiger partial charge in [0.25, 0.3) is 0 Å². The summed E-state index contributed by atoms with van der Waals surface area (Å²) in [7, 11) is 0. The molecule has 0 bridgehead atoms. The molecule has 4 aromatic rings. The van der Waals surface area contributed by atoms with Gasteiger partial charge in [-0.15, -0.1) is 0 Å². The van der Waals surface area contributed by atoms with E-state index < -0.39 is 10.6 Å². The van der Waals surface area contributed by atoms with E-state index in [1.807, 2.05) is 54.6 Å². The third-order valence-corrected chi connectivity index (χ3v) is 5.00. The average Bonchev–Trinajstić information content (AvgIpc) is 3.15. The van der Waals surface area contributed by atoms with Crippen molar-refractivity contribution < 1.29 is 9.72 Å². The number of benzene rings is 2. The summed E-state index contributed by atoms with van der Waals surface area (Å²) >= 11 is 1.34. The van der Waals surface area contributed by atoms with E-state index in [-0.39, 0.29) is 24.0 Å². The summed E-state index contributed by atoms with van der Waals surface area (Å²) in [4.78, 5) is 35.4. The van der Waals surface area contributed by atoms with Crippen LogP contribution in [0.5, 0.6) is 0 Å². The summed E-state index contributed by atoms with van der Waals surface area (Å²) in [6, 6.07) is 16.6. The molecule has 0 saturated heterocycles. The fraction of sp³-hybridized carbons (Fsp3) is 0.0526. The summed E-state index contributed by atoms with van der Waals surface area (Å²) in [5.41, 5.74) is 6.13. The van der Waals surface area contributed by atoms with Gasteiger partial charge in [0, 0.05) is 0 Å². The molecule has 0 aliphatic carbocycles. The number of carbonyl (C=O) groups is 1. The zero-order valence-electron chi connectivity index (χ0n) is 15.4. The lowest BCUT2D eigenvalue weighted by Crippen LogP contribution is -2.31. The van der Waals surface area contributed by atoms with E-state index >= 15 is 0 Å². The van der Waals surface area contributed by atoms with Gasteiger partial charge in [0.1, 0.15) is 6.33 Å². The van der Waals surface area contributed by atoms with Crippen LogP contribution in [0, 0.1) is 10.1 Å². The Morgan fingerprint density at radius 3 is 2.53 bits per heavy atom. The molecular weight excluding hydrogens is 406 g/mol. The number of rotatable bonds is 7. The molecule has 10 nitrogen and oxygen atoms in total. The first-order chi connectivity index (χ1) is 14.6. The minimum Gasteiger partial charge on any atom is -0.310 e. The van der Waals surface area contributed by atoms with Gasteiger partial charge in [-0.05, 0) is 17.7 Å². The van der Waals surface area contributed by atoms with E-state index in [4.69, 9.17) is 0 Å². The number of carbonyl (C=O) groups excluding carboxylic acids is 1. The van der Waals surface area contributed by atoms with Crippen molar-refractivity contribution in [3.63, 3.8) is 0 Å². The molecule has 3 N–H and O–H groups in total. The van der Waals surface area contributed by atoms with E-state index in [9.17, 15) is 14.9 Å². The van der Waals surface area contributed by atoms with Crippen LogP contribution in [0.1, 0.15) is 5.56 Å². The highest BCUT2D eigenvalue weighted by molar-refractivity contribution is 7.22. The number of nitrogens with one attached hydrogen (secondary N) is 3. The minimum atomic E-state index is -0.624. The van der Waals surface area contributed by atoms with E-state index in [0.717, 1.165) is 22.1 Å². The first-order valence-electron chi connectivity index (χ1n) is 8.81. The zero-order chi connectivity index (χ0) is 20.9. The van der Waals surface area contributed by atoms with Crippen molar-refractivity contribution in [2.45, 2.75) is 6.42 Å². The maximum atomic E-state index is 12.1. The SMILES string of the molecule is O=C(Cc1ccccc1)NNc1ncnc(Nc2nc3ccccc3s2)c1[N+](=O)[O-]. The van der Waals surface area contributed by atoms with Crippen molar-refractivity contribution in [2.24, 2.45) is 0 Å². The Balaban J connectivity index is 1.52. The molecule has 0 radical (unpaired) electrons. The number of fused-ring (bicyclic) bond motifs is 1. The summed E-state index contributed by atoms with van der Waals surface area (Å²) < 4.78 is 0.934. The molecule has 150 valence electrons. The lowest BCUT2D eigenvalue weighted by molar-refractivity contribution is -0.383. The van der Waals surface area contributed by atoms with Crippen LogP contribution in [-0.2, 0) is 11.2 Å². The maximum absolute atomic E-state index is 12.1. The summed E-state index contributed by atoms with van der Waals surface area (Å²) in [6.45, 7) is 0. The van der Waals surface area contributed by atoms with E-state index in [0.29, 0.717) is 5.13 Å². The molecule has 0 fully saturated rings. The van der Waals surface area contributed by atoms with Crippen molar-refractivity contribution in [1.29, 1.82) is 0 Å². The second kappa shape index (κ2) is 8.49. The second-order valence-electron chi connectivity index (χ2n) is 6.12. The normalized spacial score (nSPS) is 10.5. The molecular formula is C19H15N7O3S. The van der Waals surface area contributed by atoms with Gasteiger partial charge in [-0.2, -0.15) is 0 Å². The van der Waals surface area contributed by atoms with Crippen LogP contribution in [0.25, 0.3) is 10.2 Å². The highest BCUT2D eigenvalue weighted by Crippen LogP contribution is 2.33. The van der Waals surface area contributed by atoms with E-state index in [1.54, 1.807) is 0 Å². The van der Waals surface area contributed by atoms with Crippen molar-refractivity contribution in [3.05, 3.63) is 76.6 Å². The Bertz CT molecular complexity index is 1180. The van der Waals surface area contributed by atoms with Gasteiger partial charge in [-0.3, -0.25) is 25.8 Å². The van der Waals surface area contributed by atoms with Crippen LogP contribution >= 0.6 is 11.3 Å². The highest BCUT2D eigenvalue weighted by Gasteiger charge is 2.24. The standard InChI is InChI=1S/C19H15N7O3S/c27-15(10-12-6-2-1-3-7-12)24-25-18-16(26(28)29)17(20-11-21-18)23-19-22-13-8-4-5-9-14(13)30-19/h1-9,11H,10H2,(H,24,27)(H2,20,21,22,23,25). The summed E-state index contributed by atoms with van der Waals surface area (Å²) in [5, 5.41) is 15.0. The van der Waals surface area contributed by atoms with Crippen LogP contribution in [-0.4, -0.2) is 25.8 Å². The van der Waals surface area contributed by atoms with Crippen LogP contribution < -0.4 is 16.2 Å². The number of hydrogen-bond acceptors (Lipinski definition) is 9. The fourth-order valence-corrected chi connectivity index (χ4v) is 3.58. The minimum absolute atomic E-state index is 0.0335. The first-order valence-corrected chi connectivity index (χ1v) is 9.62. The largest absolute Gasteiger partial charge is 0.355 e. The van der Waals surface area contributed by atoms with E-state index in [2.05, 4.69) is 31.1 Å². The number of para-hydroxylation sites is 1. The van der Waals surface area contributed by atoms with Gasteiger partial charge >= 0.3 is 5.69 Å². The molecule has 0 saturated carbocycles. The number of aromatic nitrogens is 3. The molecule has 0 aliphatic heterocycles. The first kappa shape index (κ1) is 19.2. The zero-order valence-corrected chi connectivity index (χ0v) is 16.2. The monoisotopic (exact) mass is 421 g/mol. The average molecular weight is 421 g/mol. The van der Waals surface area contributed by atoms with Crippen molar-refractivity contribution in [1.82, 2.24) is 20.4 Å². The number of thiazole rings is 1. The molecule has 0 spiro atoms. The molecule has 0 unspecified atom stereocenters. The number of nitro groups is 1. The highest BCUT2D eigenvalue weighted by atomic mass is 32.1. The number of hydrazine groups is 1. The fourth-order valence-electron chi connectivity index (χ4n) is 2.72. The Labute approximate surface area is 174 Å². The molecule has 0 aliphatic rings. The van der Waals surface area contributed by atoms with Gasteiger partial charge in [-0.25, -0.2) is 15.0 Å². The predicted molar refractivity (Wildman–Crippen MR) is 114 cm³/mol. The summed E-state index contributed by atoms with van der Waals surface area (Å²) in [5.74, 6) is -0.538.